The van der Waals surface area contributed by atoms with Crippen molar-refractivity contribution in [1.82, 2.24) is 24.5 Å². The summed E-state index contributed by atoms with van der Waals surface area (Å²) in [6, 6.07) is 13.5. The number of hydrogen-bond donors (Lipinski definition) is 0. The number of rotatable bonds is 4. The lowest BCUT2D eigenvalue weighted by atomic mass is 10.1. The van der Waals surface area contributed by atoms with E-state index in [0.29, 0.717) is 37.0 Å². The molecule has 3 aromatic rings. The molecule has 152 valence electrons. The van der Waals surface area contributed by atoms with Gasteiger partial charge in [0, 0.05) is 26.2 Å². The maximum Gasteiger partial charge on any atom is 0.250 e. The number of benzene rings is 2. The molecule has 1 fully saturated rings. The lowest BCUT2D eigenvalue weighted by Gasteiger charge is -2.34. The van der Waals surface area contributed by atoms with E-state index in [1.54, 1.807) is 8.99 Å². The van der Waals surface area contributed by atoms with Crippen molar-refractivity contribution in [2.45, 2.75) is 25.7 Å². The van der Waals surface area contributed by atoms with Crippen LogP contribution in [-0.4, -0.2) is 59.1 Å². The number of nitrogens with zero attached hydrogens (tertiary/aromatic N) is 6. The summed E-state index contributed by atoms with van der Waals surface area (Å²) in [6.07, 6.45) is 0. The molecule has 0 amide bonds. The molecular weight excluding hydrogens is 388 g/mol. The monoisotopic (exact) mass is 412 g/mol. The van der Waals surface area contributed by atoms with E-state index < -0.39 is 10.0 Å². The predicted molar refractivity (Wildman–Crippen MR) is 111 cm³/mol. The Labute approximate surface area is 170 Å². The summed E-state index contributed by atoms with van der Waals surface area (Å²) in [6.45, 7) is 7.51. The van der Waals surface area contributed by atoms with E-state index in [1.165, 1.54) is 0 Å². The van der Waals surface area contributed by atoms with Gasteiger partial charge in [0.15, 0.2) is 0 Å². The number of sulfonamides is 1. The number of anilines is 1. The van der Waals surface area contributed by atoms with Crippen LogP contribution < -0.4 is 4.90 Å². The lowest BCUT2D eigenvalue weighted by Crippen LogP contribution is -2.49. The molecule has 0 unspecified atom stereocenters. The molecule has 9 heteroatoms. The second kappa shape index (κ2) is 7.57. The zero-order valence-corrected chi connectivity index (χ0v) is 17.6. The molecule has 0 radical (unpaired) electrons. The molecule has 1 aliphatic rings. The molecule has 0 saturated carbocycles. The standard InChI is InChI=1S/C20H24N6O2S/c1-15-13-16(2)19(17(3)14-15)29(27,28)25-11-9-24(10-12-25)20-21-22-23-26(20)18-7-5-4-6-8-18/h4-8,13-14H,9-12H2,1-3H3. The van der Waals surface area contributed by atoms with Gasteiger partial charge < -0.3 is 4.90 Å². The first kappa shape index (κ1) is 19.5. The molecule has 1 aromatic heterocycles. The molecular formula is C20H24N6O2S. The Bertz CT molecular complexity index is 1100. The van der Waals surface area contributed by atoms with Crippen LogP contribution in [0.2, 0.25) is 0 Å². The van der Waals surface area contributed by atoms with E-state index in [4.69, 9.17) is 0 Å². The van der Waals surface area contributed by atoms with Gasteiger partial charge in [-0.05, 0) is 54.5 Å². The van der Waals surface area contributed by atoms with Gasteiger partial charge in [-0.1, -0.05) is 41.0 Å². The van der Waals surface area contributed by atoms with Crippen molar-refractivity contribution in [2.24, 2.45) is 0 Å². The topological polar surface area (TPSA) is 84.2 Å². The van der Waals surface area contributed by atoms with Crippen LogP contribution in [0.25, 0.3) is 5.69 Å². The van der Waals surface area contributed by atoms with Crippen LogP contribution in [0.3, 0.4) is 0 Å². The third kappa shape index (κ3) is 3.63. The fraction of sp³-hybridized carbons (Fsp3) is 0.350. The molecule has 2 aromatic carbocycles. The van der Waals surface area contributed by atoms with Gasteiger partial charge in [0.25, 0.3) is 0 Å². The van der Waals surface area contributed by atoms with E-state index in [1.807, 2.05) is 68.1 Å². The first-order valence-corrected chi connectivity index (χ1v) is 11.0. The fourth-order valence-corrected chi connectivity index (χ4v) is 5.78. The minimum atomic E-state index is -3.55. The molecule has 0 spiro atoms. The Balaban J connectivity index is 1.55. The predicted octanol–water partition coefficient (Wildman–Crippen LogP) is 2.10. The summed E-state index contributed by atoms with van der Waals surface area (Å²) >= 11 is 0. The summed E-state index contributed by atoms with van der Waals surface area (Å²) in [5.41, 5.74) is 3.51. The minimum Gasteiger partial charge on any atom is -0.337 e. The highest BCUT2D eigenvalue weighted by Gasteiger charge is 2.32. The zero-order valence-electron chi connectivity index (χ0n) is 16.8. The highest BCUT2D eigenvalue weighted by Crippen LogP contribution is 2.27. The van der Waals surface area contributed by atoms with Crippen molar-refractivity contribution in [2.75, 3.05) is 31.1 Å². The molecule has 1 saturated heterocycles. The molecule has 2 heterocycles. The number of para-hydroxylation sites is 1. The normalized spacial score (nSPS) is 15.6. The lowest BCUT2D eigenvalue weighted by molar-refractivity contribution is 0.381. The Morgan fingerprint density at radius 3 is 2.14 bits per heavy atom. The first-order valence-electron chi connectivity index (χ1n) is 9.54. The Hall–Kier alpha value is -2.78. The molecule has 0 aliphatic carbocycles. The second-order valence-corrected chi connectivity index (χ2v) is 9.22. The summed E-state index contributed by atoms with van der Waals surface area (Å²) in [4.78, 5) is 2.44. The van der Waals surface area contributed by atoms with E-state index in [-0.39, 0.29) is 0 Å². The van der Waals surface area contributed by atoms with Gasteiger partial charge in [-0.25, -0.2) is 8.42 Å². The van der Waals surface area contributed by atoms with Crippen LogP contribution in [0, 0.1) is 20.8 Å². The van der Waals surface area contributed by atoms with Gasteiger partial charge in [-0.3, -0.25) is 0 Å². The zero-order chi connectivity index (χ0) is 20.6. The summed E-state index contributed by atoms with van der Waals surface area (Å²) in [5, 5.41) is 12.1. The highest BCUT2D eigenvalue weighted by molar-refractivity contribution is 7.89. The van der Waals surface area contributed by atoms with Crippen molar-refractivity contribution >= 4 is 16.0 Å². The van der Waals surface area contributed by atoms with Crippen LogP contribution in [0.5, 0.6) is 0 Å². The first-order chi connectivity index (χ1) is 13.9. The van der Waals surface area contributed by atoms with Gasteiger partial charge in [0.05, 0.1) is 10.6 Å². The van der Waals surface area contributed by atoms with Crippen molar-refractivity contribution in [3.63, 3.8) is 0 Å². The van der Waals surface area contributed by atoms with E-state index in [0.717, 1.165) is 22.4 Å². The molecule has 0 N–H and O–H groups in total. The SMILES string of the molecule is Cc1cc(C)c(S(=O)(=O)N2CCN(c3nnnn3-c3ccccc3)CC2)c(C)c1. The van der Waals surface area contributed by atoms with E-state index in [9.17, 15) is 8.42 Å². The van der Waals surface area contributed by atoms with Crippen LogP contribution in [0.4, 0.5) is 5.95 Å². The largest absolute Gasteiger partial charge is 0.337 e. The number of tetrazole rings is 1. The molecule has 8 nitrogen and oxygen atoms in total. The Morgan fingerprint density at radius 2 is 1.52 bits per heavy atom. The van der Waals surface area contributed by atoms with Crippen molar-refractivity contribution in [3.05, 3.63) is 59.2 Å². The van der Waals surface area contributed by atoms with Crippen LogP contribution in [0.1, 0.15) is 16.7 Å². The highest BCUT2D eigenvalue weighted by atomic mass is 32.2. The summed E-state index contributed by atoms with van der Waals surface area (Å²) < 4.78 is 29.8. The van der Waals surface area contributed by atoms with E-state index >= 15 is 0 Å². The molecule has 0 atom stereocenters. The van der Waals surface area contributed by atoms with Crippen molar-refractivity contribution in [1.29, 1.82) is 0 Å². The average molecular weight is 413 g/mol. The quantitative estimate of drug-likeness (QED) is 0.653. The number of aryl methyl sites for hydroxylation is 3. The maximum atomic E-state index is 13.3. The number of piperazine rings is 1. The molecule has 1 aliphatic heterocycles. The molecule has 0 bridgehead atoms. The van der Waals surface area contributed by atoms with Gasteiger partial charge in [-0.2, -0.15) is 8.99 Å². The minimum absolute atomic E-state index is 0.386. The smallest absolute Gasteiger partial charge is 0.250 e. The molecule has 4 rings (SSSR count). The Morgan fingerprint density at radius 1 is 0.897 bits per heavy atom. The van der Waals surface area contributed by atoms with Crippen LogP contribution >= 0.6 is 0 Å². The third-order valence-electron chi connectivity index (χ3n) is 5.18. The van der Waals surface area contributed by atoms with E-state index in [2.05, 4.69) is 15.5 Å². The van der Waals surface area contributed by atoms with Gasteiger partial charge in [0.1, 0.15) is 0 Å². The third-order valence-corrected chi connectivity index (χ3v) is 7.38. The number of hydrogen-bond acceptors (Lipinski definition) is 6. The van der Waals surface area contributed by atoms with Crippen molar-refractivity contribution < 1.29 is 8.42 Å². The van der Waals surface area contributed by atoms with Crippen LogP contribution in [0.15, 0.2) is 47.4 Å². The number of aromatic nitrogens is 4. The fourth-order valence-electron chi connectivity index (χ4n) is 3.95. The van der Waals surface area contributed by atoms with Crippen LogP contribution in [-0.2, 0) is 10.0 Å². The summed E-state index contributed by atoms with van der Waals surface area (Å²) in [7, 11) is -3.55. The molecule has 29 heavy (non-hydrogen) atoms. The Kier molecular flexibility index (Phi) is 5.10. The second-order valence-electron chi connectivity index (χ2n) is 7.35. The van der Waals surface area contributed by atoms with Crippen molar-refractivity contribution in [3.8, 4) is 5.69 Å². The van der Waals surface area contributed by atoms with Gasteiger partial charge in [-0.15, -0.1) is 0 Å². The van der Waals surface area contributed by atoms with Gasteiger partial charge >= 0.3 is 0 Å². The maximum absolute atomic E-state index is 13.3. The average Bonchev–Trinajstić information content (AvgIpc) is 3.17. The van der Waals surface area contributed by atoms with Gasteiger partial charge in [0.2, 0.25) is 16.0 Å². The summed E-state index contributed by atoms with van der Waals surface area (Å²) in [5.74, 6) is 0.621.